The van der Waals surface area contributed by atoms with Crippen LogP contribution in [0.15, 0.2) is 116 Å². The van der Waals surface area contributed by atoms with Gasteiger partial charge in [-0.05, 0) is 58.3 Å². The molecule has 0 saturated carbocycles. The number of ketones is 1. The van der Waals surface area contributed by atoms with E-state index in [0.717, 1.165) is 0 Å². The van der Waals surface area contributed by atoms with Crippen LogP contribution in [0.25, 0.3) is 5.76 Å². The van der Waals surface area contributed by atoms with Crippen LogP contribution in [0.5, 0.6) is 0 Å². The van der Waals surface area contributed by atoms with E-state index in [4.69, 9.17) is 0 Å². The predicted molar refractivity (Wildman–Crippen MR) is 195 cm³/mol. The molecule has 0 aliphatic carbocycles. The number of para-hydroxylation sites is 2. The Morgan fingerprint density at radius 3 is 1.23 bits per heavy atom. The van der Waals surface area contributed by atoms with Crippen molar-refractivity contribution in [2.45, 2.75) is 79.1 Å². The first-order valence-corrected chi connectivity index (χ1v) is 16.4. The summed E-state index contributed by atoms with van der Waals surface area (Å²) >= 11 is 0. The Bertz CT molecular complexity index is 1530. The van der Waals surface area contributed by atoms with Crippen LogP contribution >= 0.6 is 0 Å². The van der Waals surface area contributed by atoms with Crippen molar-refractivity contribution < 1.29 is 27.0 Å². The Labute approximate surface area is 293 Å². The number of anilines is 2. The van der Waals surface area contributed by atoms with Crippen molar-refractivity contribution in [1.29, 1.82) is 0 Å². The molecule has 4 aromatic carbocycles. The van der Waals surface area contributed by atoms with Crippen LogP contribution in [-0.4, -0.2) is 10.9 Å². The minimum Gasteiger partial charge on any atom is -0.507 e. The van der Waals surface area contributed by atoms with Gasteiger partial charge in [-0.1, -0.05) is 152 Å². The van der Waals surface area contributed by atoms with Gasteiger partial charge in [-0.25, -0.2) is 0 Å². The topological polar surface area (TPSA) is 43.8 Å². The largest absolute Gasteiger partial charge is 1.00 e. The molecule has 1 aliphatic heterocycles. The summed E-state index contributed by atoms with van der Waals surface area (Å²) in [6, 6.07) is 31.4. The van der Waals surface area contributed by atoms with Crippen LogP contribution in [0.3, 0.4) is 0 Å². The van der Waals surface area contributed by atoms with Crippen LogP contribution in [0.2, 0.25) is 0 Å². The Balaban J connectivity index is 0.000000284. The number of rotatable bonds is 9. The molecule has 0 amide bonds. The van der Waals surface area contributed by atoms with Crippen molar-refractivity contribution in [3.63, 3.8) is 0 Å². The molecule has 0 fully saturated rings. The Morgan fingerprint density at radius 1 is 0.553 bits per heavy atom. The van der Waals surface area contributed by atoms with Crippen molar-refractivity contribution in [3.05, 3.63) is 156 Å². The molecule has 0 saturated heterocycles. The first-order chi connectivity index (χ1) is 22.0. The van der Waals surface area contributed by atoms with E-state index in [1.165, 1.54) is 39.7 Å². The molecule has 0 spiro atoms. The average Bonchev–Trinajstić information content (AvgIpc) is 3.54. The number of carbonyl (C=O) groups excluding carboxylic acids is 1. The second-order valence-corrected chi connectivity index (χ2v) is 13.0. The third kappa shape index (κ3) is 9.28. The van der Waals surface area contributed by atoms with E-state index in [9.17, 15) is 9.90 Å². The quantitative estimate of drug-likeness (QED) is 0.0630. The van der Waals surface area contributed by atoms with Gasteiger partial charge in [0, 0.05) is 28.6 Å². The summed E-state index contributed by atoms with van der Waals surface area (Å²) in [5.41, 5.74) is 9.49. The molecule has 5 rings (SSSR count). The molecule has 0 aromatic heterocycles. The zero-order valence-corrected chi connectivity index (χ0v) is 29.8. The van der Waals surface area contributed by atoms with Gasteiger partial charge in [-0.15, -0.1) is 6.67 Å². The summed E-state index contributed by atoms with van der Waals surface area (Å²) < 4.78 is 0. The van der Waals surface area contributed by atoms with Gasteiger partial charge in [0.1, 0.15) is 5.76 Å². The number of nitrogens with zero attached hydrogens (tertiary/aromatic N) is 2. The van der Waals surface area contributed by atoms with Crippen LogP contribution in [0.4, 0.5) is 11.4 Å². The number of aliphatic hydroxyl groups excluding tert-OH is 1. The third-order valence-electron chi connectivity index (χ3n) is 8.23. The number of hydrogen-bond donors (Lipinski definition) is 1. The zero-order valence-electron chi connectivity index (χ0n) is 28.9. The summed E-state index contributed by atoms with van der Waals surface area (Å²) in [6.07, 6.45) is 5.67. The fourth-order valence-corrected chi connectivity index (χ4v) is 5.74. The fourth-order valence-electron chi connectivity index (χ4n) is 5.74. The molecule has 4 nitrogen and oxygen atoms in total. The van der Waals surface area contributed by atoms with Crippen LogP contribution in [0, 0.1) is 6.67 Å². The number of aliphatic hydroxyl groups is 1. The number of allylic oxidation sites excluding steroid dienone is 1. The van der Waals surface area contributed by atoms with E-state index in [1.807, 2.05) is 24.3 Å². The van der Waals surface area contributed by atoms with Crippen LogP contribution < -0.4 is 9.80 Å². The first-order valence-electron chi connectivity index (χ1n) is 16.4. The van der Waals surface area contributed by atoms with E-state index in [2.05, 4.69) is 121 Å². The van der Waals surface area contributed by atoms with E-state index >= 15 is 0 Å². The number of benzene rings is 4. The predicted octanol–water partition coefficient (Wildman–Crippen LogP) is 11.6. The molecule has 5 heteroatoms. The number of carbonyl (C=O) groups is 1. The molecule has 47 heavy (non-hydrogen) atoms. The van der Waals surface area contributed by atoms with Crippen molar-refractivity contribution in [3.8, 4) is 0 Å². The first kappa shape index (κ1) is 37.4. The normalized spacial score (nSPS) is 12.9. The van der Waals surface area contributed by atoms with Crippen molar-refractivity contribution in [2.24, 2.45) is 0 Å². The minimum absolute atomic E-state index is 0. The number of hydrogen-bond acceptors (Lipinski definition) is 4. The smallest absolute Gasteiger partial charge is 0.507 e. The van der Waals surface area contributed by atoms with Gasteiger partial charge in [-0.3, -0.25) is 4.79 Å². The monoisotopic (exact) mass is 676 g/mol. The molecular weight excluding hydrogens is 628 g/mol. The van der Waals surface area contributed by atoms with Gasteiger partial charge in [0.2, 0.25) is 0 Å². The Kier molecular flexibility index (Phi) is 13.7. The fraction of sp³-hybridized carbons (Fsp3) is 0.286. The van der Waals surface area contributed by atoms with Crippen LogP contribution in [-0.2, 0) is 17.1 Å². The summed E-state index contributed by atoms with van der Waals surface area (Å²) in [6.45, 7) is 20.5. The van der Waals surface area contributed by atoms with Crippen molar-refractivity contribution >= 4 is 22.9 Å². The van der Waals surface area contributed by atoms with Gasteiger partial charge in [-0.2, -0.15) is 0 Å². The van der Waals surface area contributed by atoms with Crippen LogP contribution in [0.1, 0.15) is 117 Å². The minimum atomic E-state index is -0.202. The van der Waals surface area contributed by atoms with Gasteiger partial charge in [0.25, 0.3) is 0 Å². The van der Waals surface area contributed by atoms with E-state index in [1.54, 1.807) is 36.4 Å². The second-order valence-electron chi connectivity index (χ2n) is 13.0. The summed E-state index contributed by atoms with van der Waals surface area (Å²) in [4.78, 5) is 16.4. The van der Waals surface area contributed by atoms with Gasteiger partial charge in [0.05, 0.1) is 0 Å². The molecule has 0 bridgehead atoms. The average molecular weight is 677 g/mol. The van der Waals surface area contributed by atoms with E-state index in [0.29, 0.717) is 34.8 Å². The molecule has 1 heterocycles. The van der Waals surface area contributed by atoms with Gasteiger partial charge >= 0.3 is 17.1 Å². The molecule has 1 aliphatic rings. The van der Waals surface area contributed by atoms with Crippen molar-refractivity contribution in [1.82, 2.24) is 0 Å². The third-order valence-corrected chi connectivity index (χ3v) is 8.23. The van der Waals surface area contributed by atoms with Gasteiger partial charge < -0.3 is 14.9 Å². The summed E-state index contributed by atoms with van der Waals surface area (Å²) in [7, 11) is 0. The maximum absolute atomic E-state index is 11.8. The summed E-state index contributed by atoms with van der Waals surface area (Å²) in [5.74, 6) is 1.70. The SMILES string of the molecule is CC(C)c1cccc(C(C)C)c1N1C=CN(c2c(C(C)C)cccc2C(C)C)[CH-]1.O=C(/C=C(\O)c1ccccc1)c1ccccc1.[Cu+]. The maximum atomic E-state index is 11.8. The Morgan fingerprint density at radius 2 is 0.894 bits per heavy atom. The maximum Gasteiger partial charge on any atom is 1.00 e. The molecule has 0 unspecified atom stereocenters. The molecule has 0 atom stereocenters. The summed E-state index contributed by atoms with van der Waals surface area (Å²) in [5, 5.41) is 9.79. The van der Waals surface area contributed by atoms with Gasteiger partial charge in [0.15, 0.2) is 5.78 Å². The molecule has 4 aromatic rings. The standard InChI is InChI=1S/C27H37N2.C15H12O2.Cu/c1-18(2)22-11-9-12-23(19(3)4)26(22)28-15-16-29(17-28)27-24(20(5)6)13-10-14-25(27)21(7)8;16-14(12-7-3-1-4-8-12)11-15(17)13-9-5-2-6-10-13;/h9-21H,1-8H3;1-11,16H;/q-1;;+1/b;14-11-;. The van der Waals surface area contributed by atoms with Crippen molar-refractivity contribution in [2.75, 3.05) is 9.80 Å². The Hall–Kier alpha value is -4.05. The molecule has 250 valence electrons. The second kappa shape index (κ2) is 17.2. The zero-order chi connectivity index (χ0) is 33.4. The molecule has 1 N–H and O–H groups in total. The molecule has 0 radical (unpaired) electrons. The molecular formula is C42H49CuN2O2. The van der Waals surface area contributed by atoms with E-state index < -0.39 is 0 Å². The van der Waals surface area contributed by atoms with E-state index in [-0.39, 0.29) is 28.6 Å².